The maximum atomic E-state index is 11.4. The van der Waals surface area contributed by atoms with E-state index in [1.165, 1.54) is 11.1 Å². The summed E-state index contributed by atoms with van der Waals surface area (Å²) in [5, 5.41) is 6.25. The lowest BCUT2D eigenvalue weighted by molar-refractivity contribution is -0.121. The highest BCUT2D eigenvalue weighted by Crippen LogP contribution is 2.18. The van der Waals surface area contributed by atoms with Crippen molar-refractivity contribution in [2.24, 2.45) is 0 Å². The maximum absolute atomic E-state index is 11.4. The van der Waals surface area contributed by atoms with Crippen LogP contribution in [-0.2, 0) is 11.2 Å². The van der Waals surface area contributed by atoms with Crippen LogP contribution in [0.15, 0.2) is 24.3 Å². The Morgan fingerprint density at radius 2 is 2.00 bits per heavy atom. The van der Waals surface area contributed by atoms with Gasteiger partial charge in [-0.3, -0.25) is 4.79 Å². The average molecular weight is 218 g/mol. The van der Waals surface area contributed by atoms with Gasteiger partial charge in [-0.15, -0.1) is 0 Å². The van der Waals surface area contributed by atoms with Gasteiger partial charge in [-0.1, -0.05) is 31.2 Å². The number of benzene rings is 1. The Labute approximate surface area is 96.2 Å². The highest BCUT2D eigenvalue weighted by molar-refractivity contribution is 5.77. The topological polar surface area (TPSA) is 41.1 Å². The van der Waals surface area contributed by atoms with Gasteiger partial charge in [0, 0.05) is 25.6 Å². The van der Waals surface area contributed by atoms with Crippen LogP contribution in [0.1, 0.15) is 30.5 Å². The number of hydrogen-bond donors (Lipinski definition) is 2. The third-order valence-corrected chi connectivity index (χ3v) is 3.02. The predicted molar refractivity (Wildman–Crippen MR) is 64.2 cm³/mol. The molecule has 2 rings (SSSR count). The summed E-state index contributed by atoms with van der Waals surface area (Å²) in [4.78, 5) is 11.4. The molecule has 0 aliphatic carbocycles. The SMILES string of the molecule is CCc1ccc(C2CC(=O)NCCN2)cc1. The number of rotatable bonds is 2. The molecule has 0 radical (unpaired) electrons. The molecule has 1 amide bonds. The summed E-state index contributed by atoms with van der Waals surface area (Å²) in [5.41, 5.74) is 2.54. The maximum Gasteiger partial charge on any atom is 0.221 e. The number of aryl methyl sites for hydroxylation is 1. The third kappa shape index (κ3) is 2.61. The lowest BCUT2D eigenvalue weighted by Gasteiger charge is -2.15. The summed E-state index contributed by atoms with van der Waals surface area (Å²) in [6.45, 7) is 3.71. The van der Waals surface area contributed by atoms with E-state index in [9.17, 15) is 4.79 Å². The second-order valence-electron chi connectivity index (χ2n) is 4.16. The van der Waals surface area contributed by atoms with Crippen molar-refractivity contribution in [3.8, 4) is 0 Å². The van der Waals surface area contributed by atoms with E-state index in [2.05, 4.69) is 41.8 Å². The van der Waals surface area contributed by atoms with Crippen LogP contribution in [0.4, 0.5) is 0 Å². The quantitative estimate of drug-likeness (QED) is 0.788. The minimum absolute atomic E-state index is 0.134. The molecule has 1 fully saturated rings. The molecule has 86 valence electrons. The van der Waals surface area contributed by atoms with Gasteiger partial charge < -0.3 is 10.6 Å². The third-order valence-electron chi connectivity index (χ3n) is 3.02. The first-order chi connectivity index (χ1) is 7.79. The molecule has 16 heavy (non-hydrogen) atoms. The molecule has 1 aliphatic rings. The fourth-order valence-corrected chi connectivity index (χ4v) is 2.00. The van der Waals surface area contributed by atoms with E-state index in [4.69, 9.17) is 0 Å². The Morgan fingerprint density at radius 3 is 2.69 bits per heavy atom. The number of hydrogen-bond acceptors (Lipinski definition) is 2. The summed E-state index contributed by atoms with van der Waals surface area (Å²) < 4.78 is 0. The fraction of sp³-hybridized carbons (Fsp3) is 0.462. The Bertz CT molecular complexity index is 359. The molecule has 0 saturated carbocycles. The van der Waals surface area contributed by atoms with Crippen LogP contribution in [0.5, 0.6) is 0 Å². The van der Waals surface area contributed by atoms with Crippen molar-refractivity contribution in [2.75, 3.05) is 13.1 Å². The normalized spacial score (nSPS) is 21.3. The molecular formula is C13H18N2O. The molecule has 3 nitrogen and oxygen atoms in total. The van der Waals surface area contributed by atoms with Gasteiger partial charge in [-0.2, -0.15) is 0 Å². The van der Waals surface area contributed by atoms with Crippen molar-refractivity contribution in [3.05, 3.63) is 35.4 Å². The lowest BCUT2D eigenvalue weighted by atomic mass is 10.0. The Kier molecular flexibility index (Phi) is 3.57. The first-order valence-electron chi connectivity index (χ1n) is 5.88. The summed E-state index contributed by atoms with van der Waals surface area (Å²) in [6, 6.07) is 8.68. The molecule has 0 aromatic heterocycles. The second kappa shape index (κ2) is 5.12. The highest BCUT2D eigenvalue weighted by atomic mass is 16.1. The van der Waals surface area contributed by atoms with Gasteiger partial charge in [0.15, 0.2) is 0 Å². The van der Waals surface area contributed by atoms with Crippen LogP contribution in [0.2, 0.25) is 0 Å². The summed E-state index contributed by atoms with van der Waals surface area (Å²) in [6.07, 6.45) is 1.59. The molecular weight excluding hydrogens is 200 g/mol. The van der Waals surface area contributed by atoms with Gasteiger partial charge in [0.25, 0.3) is 0 Å². The number of nitrogens with one attached hydrogen (secondary N) is 2. The molecule has 0 spiro atoms. The second-order valence-corrected chi connectivity index (χ2v) is 4.16. The molecule has 2 N–H and O–H groups in total. The van der Waals surface area contributed by atoms with Gasteiger partial charge in [0.05, 0.1) is 0 Å². The van der Waals surface area contributed by atoms with Gasteiger partial charge in [-0.25, -0.2) is 0 Å². The van der Waals surface area contributed by atoms with Crippen LogP contribution in [0.25, 0.3) is 0 Å². The zero-order valence-corrected chi connectivity index (χ0v) is 9.62. The Morgan fingerprint density at radius 1 is 1.25 bits per heavy atom. The molecule has 3 heteroatoms. The Balaban J connectivity index is 2.12. The molecule has 1 aromatic carbocycles. The van der Waals surface area contributed by atoms with Crippen LogP contribution in [0.3, 0.4) is 0 Å². The van der Waals surface area contributed by atoms with Crippen molar-refractivity contribution in [2.45, 2.75) is 25.8 Å². The van der Waals surface area contributed by atoms with E-state index in [1.807, 2.05) is 0 Å². The standard InChI is InChI=1S/C13H18N2O/c1-2-10-3-5-11(6-4-10)12-9-13(16)15-8-7-14-12/h3-6,12,14H,2,7-9H2,1H3,(H,15,16). The first-order valence-corrected chi connectivity index (χ1v) is 5.88. The van der Waals surface area contributed by atoms with Crippen molar-refractivity contribution < 1.29 is 4.79 Å². The number of carbonyl (C=O) groups is 1. The highest BCUT2D eigenvalue weighted by Gasteiger charge is 2.17. The van der Waals surface area contributed by atoms with E-state index in [-0.39, 0.29) is 11.9 Å². The molecule has 1 unspecified atom stereocenters. The van der Waals surface area contributed by atoms with Crippen LogP contribution < -0.4 is 10.6 Å². The smallest absolute Gasteiger partial charge is 0.221 e. The van der Waals surface area contributed by atoms with Gasteiger partial charge >= 0.3 is 0 Å². The van der Waals surface area contributed by atoms with Crippen LogP contribution >= 0.6 is 0 Å². The summed E-state index contributed by atoms with van der Waals surface area (Å²) >= 11 is 0. The summed E-state index contributed by atoms with van der Waals surface area (Å²) in [5.74, 6) is 0.134. The minimum Gasteiger partial charge on any atom is -0.355 e. The van der Waals surface area contributed by atoms with E-state index in [0.29, 0.717) is 6.42 Å². The fourth-order valence-electron chi connectivity index (χ4n) is 2.00. The van der Waals surface area contributed by atoms with Gasteiger partial charge in [0.1, 0.15) is 0 Å². The Hall–Kier alpha value is -1.35. The number of amides is 1. The lowest BCUT2D eigenvalue weighted by Crippen LogP contribution is -2.24. The molecule has 1 heterocycles. The molecule has 1 atom stereocenters. The van der Waals surface area contributed by atoms with Crippen LogP contribution in [0, 0.1) is 0 Å². The van der Waals surface area contributed by atoms with E-state index >= 15 is 0 Å². The monoisotopic (exact) mass is 218 g/mol. The van der Waals surface area contributed by atoms with Crippen LogP contribution in [-0.4, -0.2) is 19.0 Å². The van der Waals surface area contributed by atoms with Crippen molar-refractivity contribution in [1.82, 2.24) is 10.6 Å². The van der Waals surface area contributed by atoms with Gasteiger partial charge in [-0.05, 0) is 17.5 Å². The van der Waals surface area contributed by atoms with Crippen molar-refractivity contribution in [3.63, 3.8) is 0 Å². The molecule has 1 aliphatic heterocycles. The zero-order valence-electron chi connectivity index (χ0n) is 9.62. The molecule has 1 aromatic rings. The minimum atomic E-state index is 0.134. The molecule has 0 bridgehead atoms. The largest absolute Gasteiger partial charge is 0.355 e. The van der Waals surface area contributed by atoms with E-state index < -0.39 is 0 Å². The van der Waals surface area contributed by atoms with Crippen molar-refractivity contribution >= 4 is 5.91 Å². The number of carbonyl (C=O) groups excluding carboxylic acids is 1. The predicted octanol–water partition coefficient (Wildman–Crippen LogP) is 1.40. The first kappa shape index (κ1) is 11.1. The average Bonchev–Trinajstić information content (AvgIpc) is 2.54. The van der Waals surface area contributed by atoms with Gasteiger partial charge in [0.2, 0.25) is 5.91 Å². The van der Waals surface area contributed by atoms with Crippen molar-refractivity contribution in [1.29, 1.82) is 0 Å². The zero-order chi connectivity index (χ0) is 11.4. The van der Waals surface area contributed by atoms with E-state index in [1.54, 1.807) is 0 Å². The van der Waals surface area contributed by atoms with E-state index in [0.717, 1.165) is 19.5 Å². The summed E-state index contributed by atoms with van der Waals surface area (Å²) in [7, 11) is 0. The molecule has 1 saturated heterocycles.